The SMILES string of the molecule is CCOc1cccc(NC(=O)N[C@H]2CCC(=O)NC2)c1. The first kappa shape index (κ1) is 14.2. The zero-order valence-corrected chi connectivity index (χ0v) is 11.4. The largest absolute Gasteiger partial charge is 0.494 e. The third kappa shape index (κ3) is 4.15. The van der Waals surface area contributed by atoms with Gasteiger partial charge in [-0.2, -0.15) is 0 Å². The number of amides is 3. The summed E-state index contributed by atoms with van der Waals surface area (Å²) in [4.78, 5) is 22.9. The summed E-state index contributed by atoms with van der Waals surface area (Å²) in [7, 11) is 0. The summed E-state index contributed by atoms with van der Waals surface area (Å²) in [5.74, 6) is 0.753. The van der Waals surface area contributed by atoms with E-state index in [0.29, 0.717) is 31.7 Å². The van der Waals surface area contributed by atoms with Gasteiger partial charge in [-0.25, -0.2) is 4.79 Å². The van der Waals surface area contributed by atoms with Crippen molar-refractivity contribution in [2.45, 2.75) is 25.8 Å². The fourth-order valence-electron chi connectivity index (χ4n) is 2.04. The van der Waals surface area contributed by atoms with Crippen LogP contribution in [0.2, 0.25) is 0 Å². The van der Waals surface area contributed by atoms with Crippen molar-refractivity contribution in [1.29, 1.82) is 0 Å². The van der Waals surface area contributed by atoms with Crippen LogP contribution in [-0.2, 0) is 4.79 Å². The molecule has 1 saturated heterocycles. The molecular formula is C14H19N3O3. The van der Waals surface area contributed by atoms with E-state index in [-0.39, 0.29) is 18.0 Å². The van der Waals surface area contributed by atoms with Crippen LogP contribution in [0.1, 0.15) is 19.8 Å². The summed E-state index contributed by atoms with van der Waals surface area (Å²) in [6.07, 6.45) is 1.11. The molecule has 108 valence electrons. The second-order valence-corrected chi connectivity index (χ2v) is 4.60. The minimum Gasteiger partial charge on any atom is -0.494 e. The molecule has 6 heteroatoms. The number of carbonyl (C=O) groups excluding carboxylic acids is 2. The first-order valence-corrected chi connectivity index (χ1v) is 6.74. The minimum absolute atomic E-state index is 0.0252. The van der Waals surface area contributed by atoms with Crippen LogP contribution in [0.25, 0.3) is 0 Å². The molecule has 1 aromatic carbocycles. The molecule has 0 radical (unpaired) electrons. The number of rotatable bonds is 4. The molecule has 1 fully saturated rings. The van der Waals surface area contributed by atoms with Crippen molar-refractivity contribution in [2.75, 3.05) is 18.5 Å². The van der Waals surface area contributed by atoms with Crippen molar-refractivity contribution in [3.05, 3.63) is 24.3 Å². The van der Waals surface area contributed by atoms with Gasteiger partial charge in [-0.05, 0) is 25.5 Å². The summed E-state index contributed by atoms with van der Waals surface area (Å²) < 4.78 is 5.37. The summed E-state index contributed by atoms with van der Waals surface area (Å²) in [5, 5.41) is 8.32. The number of piperidine rings is 1. The molecule has 1 heterocycles. The fraction of sp³-hybridized carbons (Fsp3) is 0.429. The number of hydrogen-bond acceptors (Lipinski definition) is 3. The Morgan fingerprint density at radius 3 is 3.05 bits per heavy atom. The molecule has 0 bridgehead atoms. The molecule has 1 atom stereocenters. The molecule has 3 amide bonds. The topological polar surface area (TPSA) is 79.5 Å². The lowest BCUT2D eigenvalue weighted by molar-refractivity contribution is -0.122. The average molecular weight is 277 g/mol. The van der Waals surface area contributed by atoms with Crippen LogP contribution in [-0.4, -0.2) is 31.1 Å². The van der Waals surface area contributed by atoms with Gasteiger partial charge in [0.2, 0.25) is 5.91 Å². The van der Waals surface area contributed by atoms with Gasteiger partial charge >= 0.3 is 6.03 Å². The van der Waals surface area contributed by atoms with E-state index in [1.807, 2.05) is 19.1 Å². The lowest BCUT2D eigenvalue weighted by Gasteiger charge is -2.23. The fourth-order valence-corrected chi connectivity index (χ4v) is 2.04. The maximum absolute atomic E-state index is 11.9. The van der Waals surface area contributed by atoms with E-state index < -0.39 is 0 Å². The highest BCUT2D eigenvalue weighted by atomic mass is 16.5. The van der Waals surface area contributed by atoms with Gasteiger partial charge in [-0.3, -0.25) is 4.79 Å². The average Bonchev–Trinajstić information content (AvgIpc) is 2.42. The molecule has 0 spiro atoms. The molecule has 0 aromatic heterocycles. The Kier molecular flexibility index (Phi) is 4.81. The van der Waals surface area contributed by atoms with E-state index in [0.717, 1.165) is 5.75 Å². The van der Waals surface area contributed by atoms with E-state index in [4.69, 9.17) is 4.74 Å². The van der Waals surface area contributed by atoms with E-state index in [2.05, 4.69) is 16.0 Å². The molecule has 1 aliphatic heterocycles. The van der Waals surface area contributed by atoms with Crippen molar-refractivity contribution in [3.63, 3.8) is 0 Å². The number of nitrogens with one attached hydrogen (secondary N) is 3. The molecular weight excluding hydrogens is 258 g/mol. The first-order chi connectivity index (χ1) is 9.67. The smallest absolute Gasteiger partial charge is 0.319 e. The minimum atomic E-state index is -0.278. The van der Waals surface area contributed by atoms with Gasteiger partial charge < -0.3 is 20.7 Å². The molecule has 20 heavy (non-hydrogen) atoms. The molecule has 1 aliphatic rings. The Balaban J connectivity index is 1.84. The molecule has 0 unspecified atom stereocenters. The van der Waals surface area contributed by atoms with Gasteiger partial charge in [0.1, 0.15) is 5.75 Å². The van der Waals surface area contributed by atoms with Crippen LogP contribution in [0.3, 0.4) is 0 Å². The molecule has 3 N–H and O–H groups in total. The van der Waals surface area contributed by atoms with Gasteiger partial charge in [-0.15, -0.1) is 0 Å². The second kappa shape index (κ2) is 6.79. The highest BCUT2D eigenvalue weighted by Gasteiger charge is 2.19. The summed E-state index contributed by atoms with van der Waals surface area (Å²) >= 11 is 0. The Bertz CT molecular complexity index is 480. The maximum Gasteiger partial charge on any atom is 0.319 e. The van der Waals surface area contributed by atoms with Crippen LogP contribution >= 0.6 is 0 Å². The van der Waals surface area contributed by atoms with Crippen LogP contribution < -0.4 is 20.7 Å². The molecule has 6 nitrogen and oxygen atoms in total. The van der Waals surface area contributed by atoms with E-state index in [1.165, 1.54) is 0 Å². The van der Waals surface area contributed by atoms with Crippen LogP contribution in [0.15, 0.2) is 24.3 Å². The van der Waals surface area contributed by atoms with Crippen molar-refractivity contribution in [2.24, 2.45) is 0 Å². The molecule has 0 saturated carbocycles. The maximum atomic E-state index is 11.9. The van der Waals surface area contributed by atoms with Crippen molar-refractivity contribution < 1.29 is 14.3 Å². The number of benzene rings is 1. The van der Waals surface area contributed by atoms with Gasteiger partial charge in [0.25, 0.3) is 0 Å². The van der Waals surface area contributed by atoms with E-state index in [1.54, 1.807) is 12.1 Å². The van der Waals surface area contributed by atoms with Gasteiger partial charge in [0, 0.05) is 30.8 Å². The number of hydrogen-bond donors (Lipinski definition) is 3. The Morgan fingerprint density at radius 2 is 2.35 bits per heavy atom. The molecule has 2 rings (SSSR count). The van der Waals surface area contributed by atoms with Crippen LogP contribution in [0.5, 0.6) is 5.75 Å². The molecule has 0 aliphatic carbocycles. The number of urea groups is 1. The standard InChI is InChI=1S/C14H19N3O3/c1-2-20-12-5-3-4-10(8-12)16-14(19)17-11-6-7-13(18)15-9-11/h3-5,8,11H,2,6-7,9H2,1H3,(H,15,18)(H2,16,17,19)/t11-/m0/s1. The Labute approximate surface area is 117 Å². The lowest BCUT2D eigenvalue weighted by Crippen LogP contribution is -2.48. The Morgan fingerprint density at radius 1 is 1.50 bits per heavy atom. The van der Waals surface area contributed by atoms with Gasteiger partial charge in [-0.1, -0.05) is 6.07 Å². The molecule has 1 aromatic rings. The van der Waals surface area contributed by atoms with Gasteiger partial charge in [0.05, 0.1) is 6.61 Å². The quantitative estimate of drug-likeness (QED) is 0.780. The lowest BCUT2D eigenvalue weighted by atomic mass is 10.1. The van der Waals surface area contributed by atoms with Crippen molar-refractivity contribution in [3.8, 4) is 5.75 Å². The van der Waals surface area contributed by atoms with Gasteiger partial charge in [0.15, 0.2) is 0 Å². The number of anilines is 1. The summed E-state index contributed by atoms with van der Waals surface area (Å²) in [5.41, 5.74) is 0.674. The van der Waals surface area contributed by atoms with Crippen LogP contribution in [0.4, 0.5) is 10.5 Å². The summed E-state index contributed by atoms with van der Waals surface area (Å²) in [6, 6.07) is 6.92. The van der Waals surface area contributed by atoms with Crippen molar-refractivity contribution in [1.82, 2.24) is 10.6 Å². The van der Waals surface area contributed by atoms with Crippen molar-refractivity contribution >= 4 is 17.6 Å². The van der Waals surface area contributed by atoms with E-state index in [9.17, 15) is 9.59 Å². The second-order valence-electron chi connectivity index (χ2n) is 4.60. The first-order valence-electron chi connectivity index (χ1n) is 6.74. The third-order valence-corrected chi connectivity index (χ3v) is 3.00. The Hall–Kier alpha value is -2.24. The van der Waals surface area contributed by atoms with Crippen LogP contribution in [0, 0.1) is 0 Å². The zero-order valence-electron chi connectivity index (χ0n) is 11.4. The monoisotopic (exact) mass is 277 g/mol. The highest BCUT2D eigenvalue weighted by Crippen LogP contribution is 2.17. The highest BCUT2D eigenvalue weighted by molar-refractivity contribution is 5.89. The normalized spacial score (nSPS) is 18.1. The predicted octanol–water partition coefficient (Wildman–Crippen LogP) is 1.49. The zero-order chi connectivity index (χ0) is 14.4. The predicted molar refractivity (Wildman–Crippen MR) is 75.8 cm³/mol. The van der Waals surface area contributed by atoms with E-state index >= 15 is 0 Å². The summed E-state index contributed by atoms with van der Waals surface area (Å²) in [6.45, 7) is 2.97. The number of carbonyl (C=O) groups is 2. The number of ether oxygens (including phenoxy) is 1. The third-order valence-electron chi connectivity index (χ3n) is 3.00.